The Morgan fingerprint density at radius 2 is 1.03 bits per heavy atom. The summed E-state index contributed by atoms with van der Waals surface area (Å²) in [5, 5.41) is 5.89. The minimum Gasteiger partial charge on any atom is -0.241 e. The standard InChI is InChI=1S/C29H56N2/c1-4-19-27-28(20-5-2)31(26-23-17-13-9-10-14-18-24-26)30(3)29(27)25-21-15-11-7-6-8-12-16-22-25/h25-29H,4-24H2,1-3H3. The van der Waals surface area contributed by atoms with Gasteiger partial charge in [-0.1, -0.05) is 110 Å². The second kappa shape index (κ2) is 14.2. The summed E-state index contributed by atoms with van der Waals surface area (Å²) >= 11 is 0. The molecular formula is C29H56N2. The molecule has 182 valence electrons. The minimum atomic E-state index is 0.807. The lowest BCUT2D eigenvalue weighted by Gasteiger charge is -2.40. The fourth-order valence-corrected chi connectivity index (χ4v) is 7.67. The quantitative estimate of drug-likeness (QED) is 0.414. The van der Waals surface area contributed by atoms with Crippen LogP contribution >= 0.6 is 0 Å². The van der Waals surface area contributed by atoms with Crippen molar-refractivity contribution in [2.75, 3.05) is 7.05 Å². The van der Waals surface area contributed by atoms with Gasteiger partial charge in [0.25, 0.3) is 0 Å². The maximum atomic E-state index is 3.01. The lowest BCUT2D eigenvalue weighted by atomic mass is 9.76. The third kappa shape index (κ3) is 7.20. The fourth-order valence-electron chi connectivity index (χ4n) is 7.67. The van der Waals surface area contributed by atoms with Gasteiger partial charge in [-0.15, -0.1) is 0 Å². The molecule has 0 N–H and O–H groups in total. The molecule has 2 saturated carbocycles. The largest absolute Gasteiger partial charge is 0.241 e. The molecule has 3 rings (SSSR count). The number of hydrogen-bond acceptors (Lipinski definition) is 2. The zero-order chi connectivity index (χ0) is 21.9. The molecule has 3 atom stereocenters. The predicted molar refractivity (Wildman–Crippen MR) is 136 cm³/mol. The Balaban J connectivity index is 1.82. The molecule has 0 aromatic heterocycles. The average Bonchev–Trinajstić information content (AvgIpc) is 3.11. The lowest BCUT2D eigenvalue weighted by Crippen LogP contribution is -2.49. The van der Waals surface area contributed by atoms with E-state index < -0.39 is 0 Å². The van der Waals surface area contributed by atoms with Gasteiger partial charge < -0.3 is 0 Å². The Kier molecular flexibility index (Phi) is 11.7. The van der Waals surface area contributed by atoms with E-state index >= 15 is 0 Å². The normalized spacial score (nSPS) is 32.4. The average molecular weight is 433 g/mol. The van der Waals surface area contributed by atoms with Gasteiger partial charge in [-0.05, 0) is 50.4 Å². The van der Waals surface area contributed by atoms with E-state index in [0.717, 1.165) is 30.0 Å². The molecule has 31 heavy (non-hydrogen) atoms. The summed E-state index contributed by atoms with van der Waals surface area (Å²) < 4.78 is 0. The molecule has 0 radical (unpaired) electrons. The highest BCUT2D eigenvalue weighted by molar-refractivity contribution is 4.99. The molecule has 0 aromatic rings. The van der Waals surface area contributed by atoms with Gasteiger partial charge in [0.2, 0.25) is 0 Å². The highest BCUT2D eigenvalue weighted by atomic mass is 15.7. The van der Waals surface area contributed by atoms with Crippen molar-refractivity contribution < 1.29 is 0 Å². The molecule has 3 fully saturated rings. The van der Waals surface area contributed by atoms with Crippen LogP contribution in [0, 0.1) is 11.8 Å². The van der Waals surface area contributed by atoms with Crippen LogP contribution in [0.1, 0.15) is 149 Å². The molecule has 0 amide bonds. The van der Waals surface area contributed by atoms with Gasteiger partial charge in [0, 0.05) is 25.2 Å². The summed E-state index contributed by atoms with van der Waals surface area (Å²) in [6, 6.07) is 2.42. The van der Waals surface area contributed by atoms with Gasteiger partial charge in [-0.2, -0.15) is 0 Å². The maximum absolute atomic E-state index is 3.01. The second-order valence-corrected chi connectivity index (χ2v) is 11.4. The summed E-state index contributed by atoms with van der Waals surface area (Å²) in [6.07, 6.45) is 30.6. The van der Waals surface area contributed by atoms with Crippen molar-refractivity contribution in [2.24, 2.45) is 11.8 Å². The van der Waals surface area contributed by atoms with Crippen LogP contribution in [0.2, 0.25) is 0 Å². The van der Waals surface area contributed by atoms with E-state index in [1.54, 1.807) is 0 Å². The van der Waals surface area contributed by atoms with Gasteiger partial charge in [-0.3, -0.25) is 0 Å². The molecule has 0 bridgehead atoms. The van der Waals surface area contributed by atoms with Crippen LogP contribution in [0.5, 0.6) is 0 Å². The molecule has 3 aliphatic rings. The first-order valence-corrected chi connectivity index (χ1v) is 14.8. The van der Waals surface area contributed by atoms with Crippen LogP contribution < -0.4 is 0 Å². The topological polar surface area (TPSA) is 6.48 Å². The molecule has 1 aliphatic heterocycles. The van der Waals surface area contributed by atoms with Crippen molar-refractivity contribution in [3.05, 3.63) is 0 Å². The highest BCUT2D eigenvalue weighted by Crippen LogP contribution is 2.44. The first kappa shape index (κ1) is 25.5. The number of hydrogen-bond donors (Lipinski definition) is 0. The molecule has 1 heterocycles. The van der Waals surface area contributed by atoms with Gasteiger partial charge in [0.05, 0.1) is 0 Å². The molecule has 2 heteroatoms. The fraction of sp³-hybridized carbons (Fsp3) is 1.00. The van der Waals surface area contributed by atoms with Crippen molar-refractivity contribution in [1.82, 2.24) is 10.0 Å². The number of hydrazine groups is 1. The van der Waals surface area contributed by atoms with E-state index in [1.807, 2.05) is 0 Å². The monoisotopic (exact) mass is 432 g/mol. The van der Waals surface area contributed by atoms with Crippen molar-refractivity contribution in [2.45, 2.75) is 167 Å². The highest BCUT2D eigenvalue weighted by Gasteiger charge is 2.49. The molecule has 2 nitrogen and oxygen atoms in total. The number of rotatable bonds is 6. The zero-order valence-corrected chi connectivity index (χ0v) is 21.6. The van der Waals surface area contributed by atoms with E-state index in [4.69, 9.17) is 0 Å². The van der Waals surface area contributed by atoms with E-state index in [9.17, 15) is 0 Å². The van der Waals surface area contributed by atoms with Gasteiger partial charge in [0.15, 0.2) is 0 Å². The van der Waals surface area contributed by atoms with E-state index in [2.05, 4.69) is 30.9 Å². The summed E-state index contributed by atoms with van der Waals surface area (Å²) in [6.45, 7) is 4.87. The summed E-state index contributed by atoms with van der Waals surface area (Å²) in [7, 11) is 2.52. The Labute approximate surface area is 195 Å². The van der Waals surface area contributed by atoms with Crippen LogP contribution in [0.25, 0.3) is 0 Å². The van der Waals surface area contributed by atoms with Crippen molar-refractivity contribution in [3.63, 3.8) is 0 Å². The van der Waals surface area contributed by atoms with Crippen LogP contribution in [0.15, 0.2) is 0 Å². The SMILES string of the molecule is CCCC1C(C2CCCCCCCCC2)N(C)N(C2CCCCCCCC2)C1CCC. The molecule has 2 aliphatic carbocycles. The molecule has 3 unspecified atom stereocenters. The second-order valence-electron chi connectivity index (χ2n) is 11.4. The van der Waals surface area contributed by atoms with Crippen molar-refractivity contribution in [1.29, 1.82) is 0 Å². The lowest BCUT2D eigenvalue weighted by molar-refractivity contribution is -0.0612. The molecule has 1 saturated heterocycles. The van der Waals surface area contributed by atoms with Gasteiger partial charge in [-0.25, -0.2) is 10.0 Å². The predicted octanol–water partition coefficient (Wildman–Crippen LogP) is 8.75. The summed E-state index contributed by atoms with van der Waals surface area (Å²) in [4.78, 5) is 0. The Hall–Kier alpha value is -0.0800. The van der Waals surface area contributed by atoms with Crippen molar-refractivity contribution >= 4 is 0 Å². The van der Waals surface area contributed by atoms with E-state index in [0.29, 0.717) is 0 Å². The van der Waals surface area contributed by atoms with Crippen molar-refractivity contribution in [3.8, 4) is 0 Å². The Bertz CT molecular complexity index is 444. The van der Waals surface area contributed by atoms with E-state index in [1.165, 1.54) is 135 Å². The molecule has 0 aromatic carbocycles. The first-order valence-electron chi connectivity index (χ1n) is 14.8. The Morgan fingerprint density at radius 3 is 1.52 bits per heavy atom. The third-order valence-corrected chi connectivity index (χ3v) is 9.11. The van der Waals surface area contributed by atoms with Crippen LogP contribution in [-0.4, -0.2) is 35.2 Å². The summed E-state index contributed by atoms with van der Waals surface area (Å²) in [5.74, 6) is 1.83. The van der Waals surface area contributed by atoms with Crippen LogP contribution in [0.3, 0.4) is 0 Å². The van der Waals surface area contributed by atoms with Gasteiger partial charge in [0.1, 0.15) is 0 Å². The minimum absolute atomic E-state index is 0.807. The van der Waals surface area contributed by atoms with Crippen LogP contribution in [-0.2, 0) is 0 Å². The number of nitrogens with zero attached hydrogens (tertiary/aromatic N) is 2. The smallest absolute Gasteiger partial charge is 0.0314 e. The molecule has 0 spiro atoms. The summed E-state index contributed by atoms with van der Waals surface area (Å²) in [5.41, 5.74) is 0. The maximum Gasteiger partial charge on any atom is 0.0314 e. The van der Waals surface area contributed by atoms with Crippen LogP contribution in [0.4, 0.5) is 0 Å². The third-order valence-electron chi connectivity index (χ3n) is 9.11. The first-order chi connectivity index (χ1) is 15.3. The Morgan fingerprint density at radius 1 is 0.581 bits per heavy atom. The van der Waals surface area contributed by atoms with Gasteiger partial charge >= 0.3 is 0 Å². The molecular weight excluding hydrogens is 376 g/mol. The van der Waals surface area contributed by atoms with E-state index in [-0.39, 0.29) is 0 Å². The zero-order valence-electron chi connectivity index (χ0n) is 21.6.